The van der Waals surface area contributed by atoms with Crippen molar-refractivity contribution in [2.24, 2.45) is 5.73 Å². The van der Waals surface area contributed by atoms with Crippen molar-refractivity contribution in [3.05, 3.63) is 59.7 Å². The molecular weight excluding hydrogens is 248 g/mol. The molecule has 2 nitrogen and oxygen atoms in total. The normalized spacial score (nSPS) is 12.2. The summed E-state index contributed by atoms with van der Waals surface area (Å²) in [7, 11) is 0. The Morgan fingerprint density at radius 2 is 1.79 bits per heavy atom. The van der Waals surface area contributed by atoms with E-state index in [1.54, 1.807) is 6.07 Å². The maximum absolute atomic E-state index is 13.1. The molecule has 0 saturated heterocycles. The van der Waals surface area contributed by atoms with Gasteiger partial charge in [0, 0.05) is 12.1 Å². The Bertz CT molecular complexity index is 570. The van der Waals surface area contributed by atoms with Crippen LogP contribution in [0.1, 0.15) is 12.5 Å². The molecule has 0 aromatic heterocycles. The Morgan fingerprint density at radius 3 is 2.47 bits per heavy atom. The second-order valence-electron chi connectivity index (χ2n) is 4.51. The Kier molecular flexibility index (Phi) is 4.12. The van der Waals surface area contributed by atoms with Crippen LogP contribution in [0.15, 0.2) is 42.5 Å². The molecular formula is C15H15F2NO. The van der Waals surface area contributed by atoms with Crippen molar-refractivity contribution < 1.29 is 13.5 Å². The highest BCUT2D eigenvalue weighted by molar-refractivity contribution is 5.34. The summed E-state index contributed by atoms with van der Waals surface area (Å²) >= 11 is 0. The molecule has 2 aromatic rings. The van der Waals surface area contributed by atoms with Crippen molar-refractivity contribution in [3.63, 3.8) is 0 Å². The lowest BCUT2D eigenvalue weighted by molar-refractivity contribution is 0.461. The molecule has 2 aromatic carbocycles. The van der Waals surface area contributed by atoms with Crippen LogP contribution in [0.2, 0.25) is 0 Å². The summed E-state index contributed by atoms with van der Waals surface area (Å²) in [5, 5.41) is 0. The van der Waals surface area contributed by atoms with Gasteiger partial charge in [-0.1, -0.05) is 12.1 Å². The van der Waals surface area contributed by atoms with Crippen LogP contribution in [0.5, 0.6) is 11.5 Å². The molecule has 0 saturated carbocycles. The maximum Gasteiger partial charge on any atom is 0.162 e. The van der Waals surface area contributed by atoms with Gasteiger partial charge in [-0.2, -0.15) is 0 Å². The fourth-order valence-corrected chi connectivity index (χ4v) is 1.78. The van der Waals surface area contributed by atoms with E-state index in [1.807, 2.05) is 25.1 Å². The topological polar surface area (TPSA) is 35.2 Å². The van der Waals surface area contributed by atoms with Crippen LogP contribution < -0.4 is 10.5 Å². The third kappa shape index (κ3) is 3.76. The number of hydrogen-bond acceptors (Lipinski definition) is 2. The molecule has 2 rings (SSSR count). The monoisotopic (exact) mass is 263 g/mol. The molecule has 19 heavy (non-hydrogen) atoms. The summed E-state index contributed by atoms with van der Waals surface area (Å²) in [4.78, 5) is 0. The maximum atomic E-state index is 13.1. The molecule has 0 amide bonds. The molecule has 0 fully saturated rings. The van der Waals surface area contributed by atoms with Crippen molar-refractivity contribution in [2.75, 3.05) is 0 Å². The molecule has 0 radical (unpaired) electrons. The Morgan fingerprint density at radius 1 is 1.05 bits per heavy atom. The first-order valence-corrected chi connectivity index (χ1v) is 6.02. The van der Waals surface area contributed by atoms with Gasteiger partial charge in [-0.3, -0.25) is 0 Å². The lowest BCUT2D eigenvalue weighted by Crippen LogP contribution is -2.17. The van der Waals surface area contributed by atoms with Crippen LogP contribution in [-0.2, 0) is 6.42 Å². The van der Waals surface area contributed by atoms with Crippen molar-refractivity contribution in [1.29, 1.82) is 0 Å². The highest BCUT2D eigenvalue weighted by Crippen LogP contribution is 2.24. The molecule has 0 spiro atoms. The van der Waals surface area contributed by atoms with E-state index in [1.165, 1.54) is 6.07 Å². The summed E-state index contributed by atoms with van der Waals surface area (Å²) in [5.41, 5.74) is 6.77. The lowest BCUT2D eigenvalue weighted by Gasteiger charge is -2.09. The molecule has 0 aliphatic heterocycles. The van der Waals surface area contributed by atoms with Crippen molar-refractivity contribution in [2.45, 2.75) is 19.4 Å². The van der Waals surface area contributed by atoms with E-state index in [9.17, 15) is 8.78 Å². The molecule has 4 heteroatoms. The summed E-state index contributed by atoms with van der Waals surface area (Å²) in [5.74, 6) is -0.983. The second-order valence-corrected chi connectivity index (χ2v) is 4.51. The molecule has 1 atom stereocenters. The summed E-state index contributed by atoms with van der Waals surface area (Å²) in [6, 6.07) is 10.9. The zero-order chi connectivity index (χ0) is 13.8. The van der Waals surface area contributed by atoms with Crippen molar-refractivity contribution >= 4 is 0 Å². The Labute approximate surface area is 110 Å². The van der Waals surface area contributed by atoms with Gasteiger partial charge in [0.15, 0.2) is 11.6 Å². The third-order valence-corrected chi connectivity index (χ3v) is 2.58. The van der Waals surface area contributed by atoms with Crippen LogP contribution in [0.4, 0.5) is 8.78 Å². The number of benzene rings is 2. The number of ether oxygens (including phenoxy) is 1. The Balaban J connectivity index is 2.16. The van der Waals surface area contributed by atoms with Crippen LogP contribution in [0, 0.1) is 11.6 Å². The quantitative estimate of drug-likeness (QED) is 0.913. The predicted octanol–water partition coefficient (Wildman–Crippen LogP) is 3.65. The summed E-state index contributed by atoms with van der Waals surface area (Å²) in [6.45, 7) is 1.92. The van der Waals surface area contributed by atoms with E-state index in [4.69, 9.17) is 10.5 Å². The zero-order valence-electron chi connectivity index (χ0n) is 10.6. The van der Waals surface area contributed by atoms with Crippen molar-refractivity contribution in [1.82, 2.24) is 0 Å². The molecule has 0 aliphatic rings. The minimum absolute atomic E-state index is 0.0542. The molecule has 0 bridgehead atoms. The van der Waals surface area contributed by atoms with Gasteiger partial charge in [0.1, 0.15) is 11.5 Å². The fraction of sp³-hybridized carbons (Fsp3) is 0.200. The summed E-state index contributed by atoms with van der Waals surface area (Å²) in [6.07, 6.45) is 0.731. The minimum Gasteiger partial charge on any atom is -0.457 e. The molecule has 1 unspecified atom stereocenters. The van der Waals surface area contributed by atoms with Crippen LogP contribution >= 0.6 is 0 Å². The van der Waals surface area contributed by atoms with Gasteiger partial charge in [0.05, 0.1) is 0 Å². The standard InChI is InChI=1S/C15H15F2NO/c1-10(18)7-11-3-2-4-12(8-11)19-13-5-6-14(16)15(17)9-13/h2-6,8-10H,7,18H2,1H3. The van der Waals surface area contributed by atoms with Crippen LogP contribution in [0.3, 0.4) is 0 Å². The van der Waals surface area contributed by atoms with E-state index in [-0.39, 0.29) is 11.8 Å². The van der Waals surface area contributed by atoms with E-state index >= 15 is 0 Å². The molecule has 100 valence electrons. The molecule has 0 aliphatic carbocycles. The minimum atomic E-state index is -0.927. The van der Waals surface area contributed by atoms with Gasteiger partial charge in [0.25, 0.3) is 0 Å². The van der Waals surface area contributed by atoms with E-state index < -0.39 is 11.6 Å². The highest BCUT2D eigenvalue weighted by Gasteiger charge is 2.05. The average molecular weight is 263 g/mol. The smallest absolute Gasteiger partial charge is 0.162 e. The SMILES string of the molecule is CC(N)Cc1cccc(Oc2ccc(F)c(F)c2)c1. The van der Waals surface area contributed by atoms with Gasteiger partial charge in [-0.25, -0.2) is 8.78 Å². The summed E-state index contributed by atoms with van der Waals surface area (Å²) < 4.78 is 31.4. The van der Waals surface area contributed by atoms with E-state index in [0.29, 0.717) is 5.75 Å². The van der Waals surface area contributed by atoms with Gasteiger partial charge in [0.2, 0.25) is 0 Å². The number of nitrogens with two attached hydrogens (primary N) is 1. The fourth-order valence-electron chi connectivity index (χ4n) is 1.78. The number of halogens is 2. The van der Waals surface area contributed by atoms with Crippen molar-refractivity contribution in [3.8, 4) is 11.5 Å². The van der Waals surface area contributed by atoms with E-state index in [0.717, 1.165) is 24.1 Å². The molecule has 2 N–H and O–H groups in total. The first kappa shape index (κ1) is 13.5. The Hall–Kier alpha value is -1.94. The van der Waals surface area contributed by atoms with Gasteiger partial charge in [-0.15, -0.1) is 0 Å². The first-order chi connectivity index (χ1) is 9.04. The second kappa shape index (κ2) is 5.80. The molecule has 0 heterocycles. The van der Waals surface area contributed by atoms with Gasteiger partial charge >= 0.3 is 0 Å². The van der Waals surface area contributed by atoms with Gasteiger partial charge < -0.3 is 10.5 Å². The van der Waals surface area contributed by atoms with Crippen LogP contribution in [0.25, 0.3) is 0 Å². The van der Waals surface area contributed by atoms with Gasteiger partial charge in [-0.05, 0) is 43.2 Å². The zero-order valence-corrected chi connectivity index (χ0v) is 10.6. The number of rotatable bonds is 4. The third-order valence-electron chi connectivity index (χ3n) is 2.58. The highest BCUT2D eigenvalue weighted by atomic mass is 19.2. The first-order valence-electron chi connectivity index (χ1n) is 6.02. The van der Waals surface area contributed by atoms with Crippen LogP contribution in [-0.4, -0.2) is 6.04 Å². The average Bonchev–Trinajstić information content (AvgIpc) is 2.33. The number of hydrogen-bond donors (Lipinski definition) is 1. The largest absolute Gasteiger partial charge is 0.457 e. The van der Waals surface area contributed by atoms with E-state index in [2.05, 4.69) is 0 Å². The lowest BCUT2D eigenvalue weighted by atomic mass is 10.1. The predicted molar refractivity (Wildman–Crippen MR) is 70.2 cm³/mol.